The number of hydrogen-bond donors (Lipinski definition) is 1. The van der Waals surface area contributed by atoms with Gasteiger partial charge in [-0.2, -0.15) is 0 Å². The average molecular weight is 279 g/mol. The lowest BCUT2D eigenvalue weighted by Crippen LogP contribution is -2.49. The fraction of sp³-hybridized carbons (Fsp3) is 0.941. The standard InChI is InChI=1S/C17H29NO2/c19-17(20-12-13-6-2-1-3-7-13)16-10-14-8-4-5-9-15(14)11-18-16/h13-16,18H,1-12H2. The maximum atomic E-state index is 12.2. The van der Waals surface area contributed by atoms with E-state index >= 15 is 0 Å². The summed E-state index contributed by atoms with van der Waals surface area (Å²) in [4.78, 5) is 12.2. The van der Waals surface area contributed by atoms with Gasteiger partial charge in [-0.05, 0) is 50.0 Å². The average Bonchev–Trinajstić information content (AvgIpc) is 2.53. The van der Waals surface area contributed by atoms with Crippen molar-refractivity contribution in [2.75, 3.05) is 13.2 Å². The van der Waals surface area contributed by atoms with E-state index in [-0.39, 0.29) is 12.0 Å². The van der Waals surface area contributed by atoms with Gasteiger partial charge in [-0.15, -0.1) is 0 Å². The molecule has 3 unspecified atom stereocenters. The number of esters is 1. The molecule has 3 atom stereocenters. The van der Waals surface area contributed by atoms with Gasteiger partial charge in [-0.1, -0.05) is 38.5 Å². The Morgan fingerprint density at radius 1 is 0.950 bits per heavy atom. The summed E-state index contributed by atoms with van der Waals surface area (Å²) in [5.74, 6) is 2.21. The first-order valence-electron chi connectivity index (χ1n) is 8.73. The van der Waals surface area contributed by atoms with E-state index in [2.05, 4.69) is 5.32 Å². The van der Waals surface area contributed by atoms with Crippen LogP contribution >= 0.6 is 0 Å². The Morgan fingerprint density at radius 3 is 2.45 bits per heavy atom. The van der Waals surface area contributed by atoms with Crippen LogP contribution in [-0.2, 0) is 9.53 Å². The second kappa shape index (κ2) is 6.93. The summed E-state index contributed by atoms with van der Waals surface area (Å²) in [5.41, 5.74) is 0. The van der Waals surface area contributed by atoms with E-state index in [1.54, 1.807) is 0 Å². The number of carbonyl (C=O) groups is 1. The molecule has 2 saturated carbocycles. The first-order chi connectivity index (χ1) is 9.83. The van der Waals surface area contributed by atoms with Gasteiger partial charge < -0.3 is 10.1 Å². The van der Waals surface area contributed by atoms with Gasteiger partial charge in [0, 0.05) is 0 Å². The molecule has 3 rings (SSSR count). The van der Waals surface area contributed by atoms with Gasteiger partial charge in [0.2, 0.25) is 0 Å². The number of carbonyl (C=O) groups excluding carboxylic acids is 1. The summed E-state index contributed by atoms with van der Waals surface area (Å²) in [6.07, 6.45) is 12.9. The molecule has 0 aromatic carbocycles. The van der Waals surface area contributed by atoms with Crippen LogP contribution in [0.2, 0.25) is 0 Å². The molecule has 1 N–H and O–H groups in total. The van der Waals surface area contributed by atoms with Gasteiger partial charge in [0.05, 0.1) is 6.61 Å². The van der Waals surface area contributed by atoms with Crippen molar-refractivity contribution in [3.63, 3.8) is 0 Å². The molecule has 3 fully saturated rings. The van der Waals surface area contributed by atoms with Gasteiger partial charge in [0.25, 0.3) is 0 Å². The summed E-state index contributed by atoms with van der Waals surface area (Å²) in [7, 11) is 0. The molecule has 0 bridgehead atoms. The van der Waals surface area contributed by atoms with Crippen molar-refractivity contribution >= 4 is 5.97 Å². The summed E-state index contributed by atoms with van der Waals surface area (Å²) in [6.45, 7) is 1.68. The molecule has 0 aromatic rings. The fourth-order valence-corrected chi connectivity index (χ4v) is 4.38. The Kier molecular flexibility index (Phi) is 4.98. The highest BCUT2D eigenvalue weighted by molar-refractivity contribution is 5.76. The Hall–Kier alpha value is -0.570. The minimum atomic E-state index is -0.0297. The number of ether oxygens (including phenoxy) is 1. The zero-order valence-corrected chi connectivity index (χ0v) is 12.6. The Labute approximate surface area is 122 Å². The summed E-state index contributed by atoms with van der Waals surface area (Å²) >= 11 is 0. The van der Waals surface area contributed by atoms with Crippen LogP contribution < -0.4 is 5.32 Å². The highest BCUT2D eigenvalue weighted by atomic mass is 16.5. The number of rotatable bonds is 3. The molecule has 1 aliphatic heterocycles. The fourth-order valence-electron chi connectivity index (χ4n) is 4.38. The molecule has 1 saturated heterocycles. The van der Waals surface area contributed by atoms with E-state index in [1.165, 1.54) is 57.8 Å². The molecule has 0 amide bonds. The first kappa shape index (κ1) is 14.4. The Bertz CT molecular complexity index is 325. The van der Waals surface area contributed by atoms with Crippen molar-refractivity contribution in [2.24, 2.45) is 17.8 Å². The van der Waals surface area contributed by atoms with Crippen LogP contribution in [0.25, 0.3) is 0 Å². The number of piperidine rings is 1. The molecular weight excluding hydrogens is 250 g/mol. The van der Waals surface area contributed by atoms with E-state index in [1.807, 2.05) is 0 Å². The van der Waals surface area contributed by atoms with Crippen molar-refractivity contribution in [1.29, 1.82) is 0 Å². The van der Waals surface area contributed by atoms with Gasteiger partial charge >= 0.3 is 5.97 Å². The Balaban J connectivity index is 1.42. The molecule has 2 aliphatic carbocycles. The van der Waals surface area contributed by atoms with Crippen LogP contribution in [0.4, 0.5) is 0 Å². The van der Waals surface area contributed by atoms with Crippen LogP contribution in [-0.4, -0.2) is 25.2 Å². The van der Waals surface area contributed by atoms with Gasteiger partial charge in [0.1, 0.15) is 6.04 Å². The molecule has 0 aromatic heterocycles. The van der Waals surface area contributed by atoms with Crippen molar-refractivity contribution in [2.45, 2.75) is 70.3 Å². The highest BCUT2D eigenvalue weighted by Gasteiger charge is 2.35. The van der Waals surface area contributed by atoms with E-state index in [0.29, 0.717) is 12.5 Å². The quantitative estimate of drug-likeness (QED) is 0.806. The van der Waals surface area contributed by atoms with Crippen molar-refractivity contribution in [3.8, 4) is 0 Å². The van der Waals surface area contributed by atoms with Crippen molar-refractivity contribution < 1.29 is 9.53 Å². The molecule has 3 nitrogen and oxygen atoms in total. The normalized spacial score (nSPS) is 35.3. The van der Waals surface area contributed by atoms with Crippen molar-refractivity contribution in [1.82, 2.24) is 5.32 Å². The molecule has 0 spiro atoms. The van der Waals surface area contributed by atoms with Crippen LogP contribution in [0.5, 0.6) is 0 Å². The smallest absolute Gasteiger partial charge is 0.323 e. The predicted molar refractivity (Wildman–Crippen MR) is 79.4 cm³/mol. The first-order valence-corrected chi connectivity index (χ1v) is 8.73. The summed E-state index contributed by atoms with van der Waals surface area (Å²) < 4.78 is 5.60. The van der Waals surface area contributed by atoms with Crippen LogP contribution in [0.1, 0.15) is 64.2 Å². The number of hydrogen-bond acceptors (Lipinski definition) is 3. The highest BCUT2D eigenvalue weighted by Crippen LogP contribution is 2.35. The topological polar surface area (TPSA) is 38.3 Å². The second-order valence-electron chi connectivity index (χ2n) is 7.14. The molecular formula is C17H29NO2. The third-order valence-corrected chi connectivity index (χ3v) is 5.70. The zero-order chi connectivity index (χ0) is 13.8. The molecule has 0 radical (unpaired) electrons. The Morgan fingerprint density at radius 2 is 1.65 bits per heavy atom. The second-order valence-corrected chi connectivity index (χ2v) is 7.14. The van der Waals surface area contributed by atoms with E-state index in [9.17, 15) is 4.79 Å². The summed E-state index contributed by atoms with van der Waals surface area (Å²) in [6, 6.07) is -0.0297. The van der Waals surface area contributed by atoms with E-state index < -0.39 is 0 Å². The predicted octanol–water partition coefficient (Wildman–Crippen LogP) is 3.28. The van der Waals surface area contributed by atoms with Crippen LogP contribution in [0.15, 0.2) is 0 Å². The van der Waals surface area contributed by atoms with Gasteiger partial charge in [0.15, 0.2) is 0 Å². The molecule has 114 valence electrons. The van der Waals surface area contributed by atoms with Crippen molar-refractivity contribution in [3.05, 3.63) is 0 Å². The lowest BCUT2D eigenvalue weighted by molar-refractivity contribution is -0.149. The number of fused-ring (bicyclic) bond motifs is 1. The third-order valence-electron chi connectivity index (χ3n) is 5.70. The molecule has 3 aliphatic rings. The molecule has 20 heavy (non-hydrogen) atoms. The maximum Gasteiger partial charge on any atom is 0.323 e. The third kappa shape index (κ3) is 3.55. The monoisotopic (exact) mass is 279 g/mol. The van der Waals surface area contributed by atoms with Gasteiger partial charge in [-0.3, -0.25) is 4.79 Å². The van der Waals surface area contributed by atoms with E-state index in [4.69, 9.17) is 4.74 Å². The van der Waals surface area contributed by atoms with Gasteiger partial charge in [-0.25, -0.2) is 0 Å². The lowest BCUT2D eigenvalue weighted by atomic mass is 9.74. The largest absolute Gasteiger partial charge is 0.464 e. The molecule has 3 heteroatoms. The van der Waals surface area contributed by atoms with Crippen LogP contribution in [0, 0.1) is 17.8 Å². The lowest BCUT2D eigenvalue weighted by Gasteiger charge is -2.39. The van der Waals surface area contributed by atoms with E-state index in [0.717, 1.165) is 24.8 Å². The zero-order valence-electron chi connectivity index (χ0n) is 12.6. The van der Waals surface area contributed by atoms with Crippen LogP contribution in [0.3, 0.4) is 0 Å². The minimum Gasteiger partial charge on any atom is -0.464 e. The minimum absolute atomic E-state index is 0.0135. The number of nitrogens with one attached hydrogen (secondary N) is 1. The SMILES string of the molecule is O=C(OCC1CCCCC1)C1CC2CCCCC2CN1. The molecule has 1 heterocycles. The maximum absolute atomic E-state index is 12.2. The summed E-state index contributed by atoms with van der Waals surface area (Å²) in [5, 5.41) is 3.43.